The molecule has 0 spiro atoms. The maximum Gasteiger partial charge on any atom is 0.163 e. The monoisotopic (exact) mass is 292 g/mol. The second-order valence-electron chi connectivity index (χ2n) is 6.46. The first-order valence-corrected chi connectivity index (χ1v) is 8.47. The fourth-order valence-electron chi connectivity index (χ4n) is 3.47. The number of rotatable bonds is 6. The van der Waals surface area contributed by atoms with Gasteiger partial charge in [-0.1, -0.05) is 74.2 Å². The van der Waals surface area contributed by atoms with Crippen LogP contribution in [0, 0.1) is 5.92 Å². The Balaban J connectivity index is 1.59. The van der Waals surface area contributed by atoms with Crippen LogP contribution in [-0.4, -0.2) is 5.78 Å². The minimum absolute atomic E-state index is 0.261. The minimum Gasteiger partial charge on any atom is -0.294 e. The van der Waals surface area contributed by atoms with Crippen molar-refractivity contribution in [2.24, 2.45) is 5.92 Å². The molecule has 1 nitrogen and oxygen atoms in total. The predicted octanol–water partition coefficient (Wildman–Crippen LogP) is 5.23. The Bertz CT molecular complexity index is 609. The quantitative estimate of drug-likeness (QED) is 0.666. The van der Waals surface area contributed by atoms with E-state index in [1.54, 1.807) is 0 Å². The SMILES string of the molecule is O=C(CCc1ccccc1)c1cccc(CC2CCCC2)c1. The van der Waals surface area contributed by atoms with Gasteiger partial charge in [-0.05, 0) is 36.0 Å². The largest absolute Gasteiger partial charge is 0.294 e. The summed E-state index contributed by atoms with van der Waals surface area (Å²) < 4.78 is 0. The number of hydrogen-bond donors (Lipinski definition) is 0. The highest BCUT2D eigenvalue weighted by molar-refractivity contribution is 5.96. The van der Waals surface area contributed by atoms with Gasteiger partial charge < -0.3 is 0 Å². The van der Waals surface area contributed by atoms with Gasteiger partial charge in [0.05, 0.1) is 0 Å². The van der Waals surface area contributed by atoms with Crippen LogP contribution in [0.1, 0.15) is 53.6 Å². The minimum atomic E-state index is 0.261. The molecule has 2 aromatic rings. The summed E-state index contributed by atoms with van der Waals surface area (Å²) >= 11 is 0. The third-order valence-corrected chi connectivity index (χ3v) is 4.73. The molecule has 0 unspecified atom stereocenters. The van der Waals surface area contributed by atoms with Crippen molar-refractivity contribution in [3.63, 3.8) is 0 Å². The van der Waals surface area contributed by atoms with E-state index in [1.807, 2.05) is 30.3 Å². The zero-order chi connectivity index (χ0) is 15.2. The number of ketones is 1. The number of Topliss-reactive ketones (excluding diaryl/α,β-unsaturated/α-hetero) is 1. The van der Waals surface area contributed by atoms with Crippen LogP contribution in [-0.2, 0) is 12.8 Å². The summed E-state index contributed by atoms with van der Waals surface area (Å²) in [5, 5.41) is 0. The first kappa shape index (κ1) is 15.0. The highest BCUT2D eigenvalue weighted by Gasteiger charge is 2.16. The number of hydrogen-bond acceptors (Lipinski definition) is 1. The molecule has 0 heterocycles. The van der Waals surface area contributed by atoms with Gasteiger partial charge in [0.15, 0.2) is 5.78 Å². The zero-order valence-corrected chi connectivity index (χ0v) is 13.1. The summed E-state index contributed by atoms with van der Waals surface area (Å²) in [6, 6.07) is 18.5. The second kappa shape index (κ2) is 7.40. The van der Waals surface area contributed by atoms with Crippen LogP contribution in [0.3, 0.4) is 0 Å². The molecule has 1 aliphatic carbocycles. The lowest BCUT2D eigenvalue weighted by Gasteiger charge is -2.10. The normalized spacial score (nSPS) is 15.1. The van der Waals surface area contributed by atoms with E-state index in [-0.39, 0.29) is 5.78 Å². The fourth-order valence-corrected chi connectivity index (χ4v) is 3.47. The molecule has 1 aliphatic rings. The van der Waals surface area contributed by atoms with Crippen LogP contribution in [0.4, 0.5) is 0 Å². The standard InChI is InChI=1S/C21H24O/c22-21(14-13-17-7-2-1-3-8-17)20-12-6-11-19(16-20)15-18-9-4-5-10-18/h1-3,6-8,11-12,16,18H,4-5,9-10,13-15H2. The lowest BCUT2D eigenvalue weighted by molar-refractivity contribution is 0.0982. The van der Waals surface area contributed by atoms with Gasteiger partial charge in [0.25, 0.3) is 0 Å². The molecule has 114 valence electrons. The van der Waals surface area contributed by atoms with Crippen molar-refractivity contribution in [3.05, 3.63) is 71.3 Å². The van der Waals surface area contributed by atoms with Crippen molar-refractivity contribution >= 4 is 5.78 Å². The second-order valence-corrected chi connectivity index (χ2v) is 6.46. The van der Waals surface area contributed by atoms with E-state index in [9.17, 15) is 4.79 Å². The van der Waals surface area contributed by atoms with Crippen molar-refractivity contribution in [1.29, 1.82) is 0 Å². The van der Waals surface area contributed by atoms with Gasteiger partial charge in [-0.2, -0.15) is 0 Å². The van der Waals surface area contributed by atoms with Crippen molar-refractivity contribution in [1.82, 2.24) is 0 Å². The molecule has 0 saturated heterocycles. The Morgan fingerprint density at radius 2 is 1.64 bits per heavy atom. The number of aryl methyl sites for hydroxylation is 1. The first-order chi connectivity index (χ1) is 10.8. The molecular weight excluding hydrogens is 268 g/mol. The average Bonchev–Trinajstić information content (AvgIpc) is 3.07. The maximum atomic E-state index is 12.4. The van der Waals surface area contributed by atoms with E-state index in [0.29, 0.717) is 6.42 Å². The van der Waals surface area contributed by atoms with E-state index < -0.39 is 0 Å². The van der Waals surface area contributed by atoms with Gasteiger partial charge in [-0.25, -0.2) is 0 Å². The zero-order valence-electron chi connectivity index (χ0n) is 13.1. The third-order valence-electron chi connectivity index (χ3n) is 4.73. The molecule has 1 saturated carbocycles. The first-order valence-electron chi connectivity index (χ1n) is 8.47. The predicted molar refractivity (Wildman–Crippen MR) is 91.2 cm³/mol. The summed E-state index contributed by atoms with van der Waals surface area (Å²) in [5.41, 5.74) is 3.45. The van der Waals surface area contributed by atoms with Crippen molar-refractivity contribution in [3.8, 4) is 0 Å². The van der Waals surface area contributed by atoms with Crippen LogP contribution in [0.2, 0.25) is 0 Å². The van der Waals surface area contributed by atoms with E-state index >= 15 is 0 Å². The Hall–Kier alpha value is -1.89. The van der Waals surface area contributed by atoms with E-state index in [4.69, 9.17) is 0 Å². The van der Waals surface area contributed by atoms with Gasteiger partial charge in [0, 0.05) is 12.0 Å². The molecule has 0 amide bonds. The van der Waals surface area contributed by atoms with Crippen molar-refractivity contribution < 1.29 is 4.79 Å². The third kappa shape index (κ3) is 4.07. The Labute approximate surface area is 133 Å². The average molecular weight is 292 g/mol. The lowest BCUT2D eigenvalue weighted by atomic mass is 9.95. The smallest absolute Gasteiger partial charge is 0.163 e. The van der Waals surface area contributed by atoms with Crippen LogP contribution in [0.25, 0.3) is 0 Å². The van der Waals surface area contributed by atoms with Crippen molar-refractivity contribution in [2.45, 2.75) is 44.9 Å². The molecule has 1 fully saturated rings. The summed E-state index contributed by atoms with van der Waals surface area (Å²) in [4.78, 5) is 12.4. The molecule has 0 aromatic heterocycles. The van der Waals surface area contributed by atoms with E-state index in [1.165, 1.54) is 36.8 Å². The highest BCUT2D eigenvalue weighted by atomic mass is 16.1. The van der Waals surface area contributed by atoms with Crippen LogP contribution < -0.4 is 0 Å². The molecular formula is C21H24O. The number of benzene rings is 2. The summed E-state index contributed by atoms with van der Waals surface area (Å²) in [6.45, 7) is 0. The molecule has 1 heteroatoms. The Morgan fingerprint density at radius 1 is 0.909 bits per heavy atom. The van der Waals surface area contributed by atoms with Crippen LogP contribution >= 0.6 is 0 Å². The van der Waals surface area contributed by atoms with Crippen molar-refractivity contribution in [2.75, 3.05) is 0 Å². The van der Waals surface area contributed by atoms with Gasteiger partial charge in [-0.3, -0.25) is 4.79 Å². The molecule has 0 radical (unpaired) electrons. The number of carbonyl (C=O) groups excluding carboxylic acids is 1. The van der Waals surface area contributed by atoms with E-state index in [0.717, 1.165) is 24.3 Å². The molecule has 0 N–H and O–H groups in total. The molecule has 0 aliphatic heterocycles. The Kier molecular flexibility index (Phi) is 5.05. The van der Waals surface area contributed by atoms with Gasteiger partial charge in [0.2, 0.25) is 0 Å². The number of carbonyl (C=O) groups is 1. The van der Waals surface area contributed by atoms with Gasteiger partial charge >= 0.3 is 0 Å². The van der Waals surface area contributed by atoms with Gasteiger partial charge in [0.1, 0.15) is 0 Å². The fraction of sp³-hybridized carbons (Fsp3) is 0.381. The topological polar surface area (TPSA) is 17.1 Å². The molecule has 0 atom stereocenters. The summed E-state index contributed by atoms with van der Waals surface area (Å²) in [6.07, 6.45) is 8.02. The van der Waals surface area contributed by atoms with E-state index in [2.05, 4.69) is 24.3 Å². The highest BCUT2D eigenvalue weighted by Crippen LogP contribution is 2.28. The molecule has 3 rings (SSSR count). The van der Waals surface area contributed by atoms with Gasteiger partial charge in [-0.15, -0.1) is 0 Å². The molecule has 0 bridgehead atoms. The maximum absolute atomic E-state index is 12.4. The molecule has 2 aromatic carbocycles. The molecule has 22 heavy (non-hydrogen) atoms. The van der Waals surface area contributed by atoms with Crippen LogP contribution in [0.15, 0.2) is 54.6 Å². The Morgan fingerprint density at radius 3 is 2.41 bits per heavy atom. The summed E-state index contributed by atoms with van der Waals surface area (Å²) in [5.74, 6) is 1.09. The summed E-state index contributed by atoms with van der Waals surface area (Å²) in [7, 11) is 0. The lowest BCUT2D eigenvalue weighted by Crippen LogP contribution is -2.04. The van der Waals surface area contributed by atoms with Crippen LogP contribution in [0.5, 0.6) is 0 Å².